The smallest absolute Gasteiger partial charge is 0.318 e. The van der Waals surface area contributed by atoms with Crippen molar-refractivity contribution in [2.45, 2.75) is 30.4 Å². The first-order valence-electron chi connectivity index (χ1n) is 5.34. The molecule has 0 aliphatic carbocycles. The molecule has 17 heavy (non-hydrogen) atoms. The third-order valence-corrected chi connectivity index (χ3v) is 3.92. The molecule has 0 fully saturated rings. The van der Waals surface area contributed by atoms with Crippen molar-refractivity contribution in [3.8, 4) is 0 Å². The van der Waals surface area contributed by atoms with Crippen LogP contribution in [-0.2, 0) is 9.53 Å². The van der Waals surface area contributed by atoms with Crippen LogP contribution in [0.2, 0.25) is 0 Å². The van der Waals surface area contributed by atoms with E-state index in [0.29, 0.717) is 5.92 Å². The molecule has 1 N–H and O–H groups in total. The maximum Gasteiger partial charge on any atom is 0.318 e. The highest BCUT2D eigenvalue weighted by Gasteiger charge is 2.17. The van der Waals surface area contributed by atoms with E-state index in [1.165, 1.54) is 30.2 Å². The van der Waals surface area contributed by atoms with E-state index < -0.39 is 0 Å². The number of ether oxygens (including phenoxy) is 1. The van der Waals surface area contributed by atoms with Gasteiger partial charge >= 0.3 is 5.97 Å². The lowest BCUT2D eigenvalue weighted by atomic mass is 10.2. The highest BCUT2D eigenvalue weighted by atomic mass is 32.2. The van der Waals surface area contributed by atoms with Gasteiger partial charge in [0.05, 0.1) is 7.11 Å². The van der Waals surface area contributed by atoms with Crippen LogP contribution in [0.5, 0.6) is 0 Å². The largest absolute Gasteiger partial charge is 0.468 e. The molecule has 0 aliphatic rings. The fraction of sp³-hybridized carbons (Fsp3) is 0.700. The van der Waals surface area contributed by atoms with Gasteiger partial charge in [-0.2, -0.15) is 0 Å². The number of esters is 1. The van der Waals surface area contributed by atoms with Gasteiger partial charge in [0.25, 0.3) is 0 Å². The van der Waals surface area contributed by atoms with Crippen molar-refractivity contribution in [1.29, 1.82) is 0 Å². The minimum Gasteiger partial charge on any atom is -0.468 e. The average Bonchev–Trinajstić information content (AvgIpc) is 2.73. The Labute approximate surface area is 109 Å². The molecule has 0 unspecified atom stereocenters. The molecule has 0 spiro atoms. The molecule has 1 heterocycles. The molecule has 96 valence electrons. The minimum absolute atomic E-state index is 0.248. The van der Waals surface area contributed by atoms with Gasteiger partial charge in [-0.25, -0.2) is 0 Å². The van der Waals surface area contributed by atoms with Gasteiger partial charge in [-0.1, -0.05) is 36.9 Å². The molecule has 0 radical (unpaired) electrons. The summed E-state index contributed by atoms with van der Waals surface area (Å²) in [6.07, 6.45) is 0. The number of anilines is 1. The fourth-order valence-electron chi connectivity index (χ4n) is 0.986. The second kappa shape index (κ2) is 6.80. The summed E-state index contributed by atoms with van der Waals surface area (Å²) in [6.45, 7) is 6.91. The van der Waals surface area contributed by atoms with Crippen molar-refractivity contribution in [3.63, 3.8) is 0 Å². The number of thioether (sulfide) groups is 1. The molecule has 7 heteroatoms. The van der Waals surface area contributed by atoms with Crippen molar-refractivity contribution in [3.05, 3.63) is 0 Å². The Balaban J connectivity index is 2.48. The van der Waals surface area contributed by atoms with Gasteiger partial charge in [-0.15, -0.1) is 10.2 Å². The first-order valence-corrected chi connectivity index (χ1v) is 7.04. The molecule has 1 aromatic heterocycles. The van der Waals surface area contributed by atoms with Crippen molar-refractivity contribution < 1.29 is 9.53 Å². The molecule has 0 aromatic carbocycles. The molecule has 0 bridgehead atoms. The molecule has 1 atom stereocenters. The van der Waals surface area contributed by atoms with Gasteiger partial charge in [0, 0.05) is 6.54 Å². The van der Waals surface area contributed by atoms with Crippen molar-refractivity contribution >= 4 is 34.2 Å². The summed E-state index contributed by atoms with van der Waals surface area (Å²) in [6, 6.07) is 0. The van der Waals surface area contributed by atoms with E-state index in [1.807, 2.05) is 0 Å². The summed E-state index contributed by atoms with van der Waals surface area (Å²) >= 11 is 2.81. The Hall–Kier alpha value is -0.820. The van der Waals surface area contributed by atoms with E-state index in [4.69, 9.17) is 0 Å². The van der Waals surface area contributed by atoms with Gasteiger partial charge in [-0.3, -0.25) is 4.79 Å². The number of methoxy groups -OCH3 is 1. The van der Waals surface area contributed by atoms with Crippen LogP contribution in [0, 0.1) is 5.92 Å². The summed E-state index contributed by atoms with van der Waals surface area (Å²) in [5, 5.41) is 11.8. The summed E-state index contributed by atoms with van der Waals surface area (Å²) < 4.78 is 5.42. The predicted molar refractivity (Wildman–Crippen MR) is 70.6 cm³/mol. The monoisotopic (exact) mass is 275 g/mol. The number of nitrogens with zero attached hydrogens (tertiary/aromatic N) is 2. The molecule has 1 aromatic rings. The zero-order valence-electron chi connectivity index (χ0n) is 10.4. The van der Waals surface area contributed by atoms with E-state index in [0.717, 1.165) is 16.0 Å². The third kappa shape index (κ3) is 4.91. The zero-order valence-corrected chi connectivity index (χ0v) is 12.0. The number of aromatic nitrogens is 2. The molecule has 0 saturated carbocycles. The highest BCUT2D eigenvalue weighted by molar-refractivity contribution is 8.02. The van der Waals surface area contributed by atoms with Gasteiger partial charge in [0.1, 0.15) is 5.25 Å². The van der Waals surface area contributed by atoms with Gasteiger partial charge in [0.2, 0.25) is 5.13 Å². The van der Waals surface area contributed by atoms with Crippen LogP contribution in [-0.4, -0.2) is 35.1 Å². The lowest BCUT2D eigenvalue weighted by Gasteiger charge is -2.05. The summed E-state index contributed by atoms with van der Waals surface area (Å²) in [5.41, 5.74) is 0. The van der Waals surface area contributed by atoms with Gasteiger partial charge in [-0.05, 0) is 12.8 Å². The number of hydrogen-bond donors (Lipinski definition) is 1. The maximum absolute atomic E-state index is 11.2. The number of hydrogen-bond acceptors (Lipinski definition) is 7. The molecule has 0 amide bonds. The van der Waals surface area contributed by atoms with Crippen LogP contribution in [0.25, 0.3) is 0 Å². The van der Waals surface area contributed by atoms with Crippen molar-refractivity contribution in [2.24, 2.45) is 5.92 Å². The molecular weight excluding hydrogens is 258 g/mol. The number of carbonyl (C=O) groups is 1. The van der Waals surface area contributed by atoms with E-state index in [-0.39, 0.29) is 11.2 Å². The van der Waals surface area contributed by atoms with E-state index >= 15 is 0 Å². The molecule has 5 nitrogen and oxygen atoms in total. The predicted octanol–water partition coefficient (Wildman–Crippen LogP) is 2.26. The standard InChI is InChI=1S/C10H17N3O2S2/c1-6(2)5-11-9-12-13-10(17-9)16-7(3)8(14)15-4/h6-7H,5H2,1-4H3,(H,11,12)/t7-/m1/s1. The fourth-order valence-corrected chi connectivity index (χ4v) is 2.91. The zero-order chi connectivity index (χ0) is 12.8. The average molecular weight is 275 g/mol. The summed E-state index contributed by atoms with van der Waals surface area (Å²) in [4.78, 5) is 11.2. The number of carbonyl (C=O) groups excluding carboxylic acids is 1. The molecular formula is C10H17N3O2S2. The second-order valence-electron chi connectivity index (χ2n) is 3.93. The van der Waals surface area contributed by atoms with Crippen molar-refractivity contribution in [2.75, 3.05) is 19.0 Å². The van der Waals surface area contributed by atoms with Gasteiger partial charge < -0.3 is 10.1 Å². The first kappa shape index (κ1) is 14.2. The normalized spacial score (nSPS) is 12.5. The van der Waals surface area contributed by atoms with E-state index in [9.17, 15) is 4.79 Å². The highest BCUT2D eigenvalue weighted by Crippen LogP contribution is 2.29. The van der Waals surface area contributed by atoms with Crippen LogP contribution < -0.4 is 5.32 Å². The first-order chi connectivity index (χ1) is 8.02. The molecule has 0 aliphatic heterocycles. The second-order valence-corrected chi connectivity index (χ2v) is 6.50. The Kier molecular flexibility index (Phi) is 5.70. The van der Waals surface area contributed by atoms with Crippen LogP contribution in [0.15, 0.2) is 4.34 Å². The maximum atomic E-state index is 11.2. The van der Waals surface area contributed by atoms with Crippen LogP contribution in [0.4, 0.5) is 5.13 Å². The number of rotatable bonds is 6. The Morgan fingerprint density at radius 2 is 2.18 bits per heavy atom. The lowest BCUT2D eigenvalue weighted by molar-refractivity contribution is -0.139. The summed E-state index contributed by atoms with van der Waals surface area (Å²) in [7, 11) is 1.38. The van der Waals surface area contributed by atoms with Gasteiger partial charge in [0.15, 0.2) is 4.34 Å². The van der Waals surface area contributed by atoms with E-state index in [1.54, 1.807) is 6.92 Å². The molecule has 0 saturated heterocycles. The van der Waals surface area contributed by atoms with Crippen LogP contribution in [0.3, 0.4) is 0 Å². The summed E-state index contributed by atoms with van der Waals surface area (Å²) in [5.74, 6) is 0.311. The molecule has 1 rings (SSSR count). The minimum atomic E-state index is -0.258. The lowest BCUT2D eigenvalue weighted by Crippen LogP contribution is -2.14. The van der Waals surface area contributed by atoms with E-state index in [2.05, 4.69) is 34.1 Å². The Morgan fingerprint density at radius 3 is 2.76 bits per heavy atom. The quantitative estimate of drug-likeness (QED) is 0.634. The van der Waals surface area contributed by atoms with Crippen LogP contribution in [0.1, 0.15) is 20.8 Å². The third-order valence-electron chi connectivity index (χ3n) is 1.88. The topological polar surface area (TPSA) is 64.1 Å². The SMILES string of the molecule is COC(=O)[C@@H](C)Sc1nnc(NCC(C)C)s1. The Bertz CT molecular complexity index is 368. The van der Waals surface area contributed by atoms with Crippen molar-refractivity contribution in [1.82, 2.24) is 10.2 Å². The van der Waals surface area contributed by atoms with Crippen LogP contribution >= 0.6 is 23.1 Å². The number of nitrogens with one attached hydrogen (secondary N) is 1. The Morgan fingerprint density at radius 1 is 1.47 bits per heavy atom.